The lowest BCUT2D eigenvalue weighted by atomic mass is 9.85. The maximum absolute atomic E-state index is 2.39. The predicted molar refractivity (Wildman–Crippen MR) is 56.7 cm³/mol. The quantitative estimate of drug-likeness (QED) is 0.607. The Morgan fingerprint density at radius 1 is 0.923 bits per heavy atom. The highest BCUT2D eigenvalue weighted by Crippen LogP contribution is 2.43. The highest BCUT2D eigenvalue weighted by Gasteiger charge is 2.30. The monoisotopic (exact) mass is 174 g/mol. The van der Waals surface area contributed by atoms with Gasteiger partial charge in [0.05, 0.1) is 0 Å². The number of hydrogen-bond donors (Lipinski definition) is 0. The van der Waals surface area contributed by atoms with E-state index < -0.39 is 0 Å². The first kappa shape index (κ1) is 8.80. The molecule has 2 unspecified atom stereocenters. The molecular formula is C13H18. The molecule has 0 saturated heterocycles. The van der Waals surface area contributed by atoms with Crippen molar-refractivity contribution in [2.24, 2.45) is 11.8 Å². The average molecular weight is 174 g/mol. The summed E-state index contributed by atoms with van der Waals surface area (Å²) < 4.78 is 0. The van der Waals surface area contributed by atoms with Crippen molar-refractivity contribution in [1.29, 1.82) is 0 Å². The van der Waals surface area contributed by atoms with Gasteiger partial charge in [-0.1, -0.05) is 44.2 Å². The molecule has 1 aromatic carbocycles. The van der Waals surface area contributed by atoms with Gasteiger partial charge in [-0.25, -0.2) is 0 Å². The molecule has 1 aromatic rings. The van der Waals surface area contributed by atoms with E-state index in [-0.39, 0.29) is 0 Å². The molecule has 0 radical (unpaired) electrons. The largest absolute Gasteiger partial charge is 0.0622 e. The first-order valence-electron chi connectivity index (χ1n) is 5.34. The summed E-state index contributed by atoms with van der Waals surface area (Å²) >= 11 is 0. The molecule has 0 aromatic heterocycles. The van der Waals surface area contributed by atoms with Gasteiger partial charge < -0.3 is 0 Å². The minimum atomic E-state index is 0.807. The van der Waals surface area contributed by atoms with Crippen LogP contribution in [0.2, 0.25) is 0 Å². The van der Waals surface area contributed by atoms with Crippen LogP contribution in [-0.4, -0.2) is 0 Å². The fourth-order valence-corrected chi connectivity index (χ4v) is 2.78. The van der Waals surface area contributed by atoms with Gasteiger partial charge in [0.1, 0.15) is 0 Å². The van der Waals surface area contributed by atoms with Crippen molar-refractivity contribution < 1.29 is 0 Å². The maximum atomic E-state index is 2.39. The van der Waals surface area contributed by atoms with Crippen LogP contribution in [0, 0.1) is 11.8 Å². The summed E-state index contributed by atoms with van der Waals surface area (Å²) in [5.74, 6) is 2.55. The van der Waals surface area contributed by atoms with Crippen molar-refractivity contribution in [2.75, 3.05) is 0 Å². The van der Waals surface area contributed by atoms with Crippen LogP contribution in [0.25, 0.3) is 0 Å². The van der Waals surface area contributed by atoms with Crippen LogP contribution >= 0.6 is 0 Å². The van der Waals surface area contributed by atoms with Crippen molar-refractivity contribution in [3.05, 3.63) is 35.9 Å². The molecule has 1 aliphatic carbocycles. The van der Waals surface area contributed by atoms with Crippen LogP contribution in [0.1, 0.15) is 38.2 Å². The van der Waals surface area contributed by atoms with E-state index in [1.165, 1.54) is 12.8 Å². The zero-order valence-corrected chi connectivity index (χ0v) is 8.53. The smallest absolute Gasteiger partial charge is 0.0111 e. The molecule has 0 heterocycles. The third-order valence-electron chi connectivity index (χ3n) is 3.49. The van der Waals surface area contributed by atoms with Crippen molar-refractivity contribution in [3.63, 3.8) is 0 Å². The Hall–Kier alpha value is -0.780. The van der Waals surface area contributed by atoms with E-state index in [1.807, 2.05) is 0 Å². The SMILES string of the molecule is CC1CCC(C)C1c1ccccc1. The van der Waals surface area contributed by atoms with Gasteiger partial charge in [-0.2, -0.15) is 0 Å². The summed E-state index contributed by atoms with van der Waals surface area (Å²) in [6.45, 7) is 4.78. The standard InChI is InChI=1S/C13H18/c1-10-8-9-11(2)13(10)12-6-4-3-5-7-12/h3-7,10-11,13H,8-9H2,1-2H3. The molecule has 70 valence electrons. The second-order valence-electron chi connectivity index (χ2n) is 4.47. The fraction of sp³-hybridized carbons (Fsp3) is 0.538. The van der Waals surface area contributed by atoms with Crippen molar-refractivity contribution in [2.45, 2.75) is 32.6 Å². The Balaban J connectivity index is 2.25. The molecule has 1 fully saturated rings. The maximum Gasteiger partial charge on any atom is -0.0111 e. The summed E-state index contributed by atoms with van der Waals surface area (Å²) in [5, 5.41) is 0. The molecule has 0 bridgehead atoms. The molecule has 0 aliphatic heterocycles. The minimum absolute atomic E-state index is 0.807. The van der Waals surface area contributed by atoms with E-state index in [4.69, 9.17) is 0 Å². The van der Waals surface area contributed by atoms with Crippen LogP contribution in [0.5, 0.6) is 0 Å². The Bertz CT molecular complexity index is 253. The summed E-state index contributed by atoms with van der Waals surface area (Å²) in [4.78, 5) is 0. The third-order valence-corrected chi connectivity index (χ3v) is 3.49. The van der Waals surface area contributed by atoms with Crippen LogP contribution in [0.15, 0.2) is 30.3 Å². The van der Waals surface area contributed by atoms with Gasteiger partial charge in [0.25, 0.3) is 0 Å². The molecule has 0 N–H and O–H groups in total. The molecule has 0 amide bonds. The van der Waals surface area contributed by atoms with Gasteiger partial charge in [-0.15, -0.1) is 0 Å². The summed E-state index contributed by atoms with van der Waals surface area (Å²) in [6, 6.07) is 11.0. The summed E-state index contributed by atoms with van der Waals surface area (Å²) in [6.07, 6.45) is 2.81. The van der Waals surface area contributed by atoms with Gasteiger partial charge in [0.15, 0.2) is 0 Å². The van der Waals surface area contributed by atoms with Crippen molar-refractivity contribution in [1.82, 2.24) is 0 Å². The zero-order chi connectivity index (χ0) is 9.26. The van der Waals surface area contributed by atoms with Crippen molar-refractivity contribution >= 4 is 0 Å². The summed E-state index contributed by atoms with van der Waals surface area (Å²) in [5.41, 5.74) is 1.54. The van der Waals surface area contributed by atoms with E-state index >= 15 is 0 Å². The van der Waals surface area contributed by atoms with Crippen LogP contribution in [0.4, 0.5) is 0 Å². The molecular weight excluding hydrogens is 156 g/mol. The van der Waals surface area contributed by atoms with E-state index in [1.54, 1.807) is 5.56 Å². The lowest BCUT2D eigenvalue weighted by Gasteiger charge is -2.20. The van der Waals surface area contributed by atoms with Gasteiger partial charge >= 0.3 is 0 Å². The molecule has 1 saturated carbocycles. The highest BCUT2D eigenvalue weighted by molar-refractivity contribution is 5.22. The molecule has 0 spiro atoms. The third kappa shape index (κ3) is 1.63. The molecule has 2 atom stereocenters. The second kappa shape index (κ2) is 3.53. The predicted octanol–water partition coefficient (Wildman–Crippen LogP) is 3.84. The Morgan fingerprint density at radius 2 is 1.46 bits per heavy atom. The lowest BCUT2D eigenvalue weighted by Crippen LogP contribution is -2.07. The van der Waals surface area contributed by atoms with E-state index in [0.29, 0.717) is 0 Å². The number of hydrogen-bond acceptors (Lipinski definition) is 0. The molecule has 1 aliphatic rings. The lowest BCUT2D eigenvalue weighted by molar-refractivity contribution is 0.460. The normalized spacial score (nSPS) is 33.5. The van der Waals surface area contributed by atoms with Gasteiger partial charge in [-0.3, -0.25) is 0 Å². The zero-order valence-electron chi connectivity index (χ0n) is 8.53. The first-order chi connectivity index (χ1) is 6.29. The number of rotatable bonds is 1. The Morgan fingerprint density at radius 3 is 2.00 bits per heavy atom. The molecule has 2 rings (SSSR count). The van der Waals surface area contributed by atoms with Crippen molar-refractivity contribution in [3.8, 4) is 0 Å². The minimum Gasteiger partial charge on any atom is -0.0622 e. The summed E-state index contributed by atoms with van der Waals surface area (Å²) in [7, 11) is 0. The molecule has 13 heavy (non-hydrogen) atoms. The van der Waals surface area contributed by atoms with Gasteiger partial charge in [0, 0.05) is 0 Å². The first-order valence-corrected chi connectivity index (χ1v) is 5.34. The number of benzene rings is 1. The molecule has 0 nitrogen and oxygen atoms in total. The van der Waals surface area contributed by atoms with Crippen LogP contribution in [-0.2, 0) is 0 Å². The molecule has 0 heteroatoms. The second-order valence-corrected chi connectivity index (χ2v) is 4.47. The average Bonchev–Trinajstić information content (AvgIpc) is 2.48. The van der Waals surface area contributed by atoms with Gasteiger partial charge in [0.2, 0.25) is 0 Å². The van der Waals surface area contributed by atoms with E-state index in [9.17, 15) is 0 Å². The van der Waals surface area contributed by atoms with E-state index in [2.05, 4.69) is 44.2 Å². The van der Waals surface area contributed by atoms with E-state index in [0.717, 1.165) is 17.8 Å². The van der Waals surface area contributed by atoms with Crippen LogP contribution in [0.3, 0.4) is 0 Å². The topological polar surface area (TPSA) is 0 Å². The Kier molecular flexibility index (Phi) is 2.39. The van der Waals surface area contributed by atoms with Crippen LogP contribution < -0.4 is 0 Å². The fourth-order valence-electron chi connectivity index (χ4n) is 2.78. The van der Waals surface area contributed by atoms with Gasteiger partial charge in [-0.05, 0) is 36.2 Å². The highest BCUT2D eigenvalue weighted by atomic mass is 14.4. The Labute approximate surface area is 81.0 Å².